The third-order valence-corrected chi connectivity index (χ3v) is 6.48. The van der Waals surface area contributed by atoms with Crippen molar-refractivity contribution in [3.63, 3.8) is 0 Å². The van der Waals surface area contributed by atoms with Gasteiger partial charge in [-0.3, -0.25) is 9.69 Å². The second-order valence-electron chi connectivity index (χ2n) is 8.09. The monoisotopic (exact) mass is 455 g/mol. The van der Waals surface area contributed by atoms with E-state index in [9.17, 15) is 9.90 Å². The molecule has 1 unspecified atom stereocenters. The number of rotatable bonds is 8. The van der Waals surface area contributed by atoms with Crippen LogP contribution in [0.1, 0.15) is 26.2 Å². The van der Waals surface area contributed by atoms with Crippen molar-refractivity contribution in [2.75, 3.05) is 38.2 Å². The molecular weight excluding hydrogens is 426 g/mol. The molecule has 0 radical (unpaired) electrons. The van der Waals surface area contributed by atoms with Gasteiger partial charge in [0.05, 0.1) is 29.0 Å². The summed E-state index contributed by atoms with van der Waals surface area (Å²) in [6.45, 7) is 4.49. The van der Waals surface area contributed by atoms with Gasteiger partial charge in [0.1, 0.15) is 18.1 Å². The molecule has 2 aromatic carbocycles. The first-order valence-corrected chi connectivity index (χ1v) is 11.8. The number of benzene rings is 2. The van der Waals surface area contributed by atoms with Crippen molar-refractivity contribution < 1.29 is 19.4 Å². The fourth-order valence-corrected chi connectivity index (χ4v) is 4.76. The van der Waals surface area contributed by atoms with E-state index in [1.165, 1.54) is 11.3 Å². The van der Waals surface area contributed by atoms with Gasteiger partial charge in [-0.15, -0.1) is 0 Å². The predicted molar refractivity (Wildman–Crippen MR) is 127 cm³/mol. The second kappa shape index (κ2) is 10.3. The SMILES string of the molecule is CCOc1ccc2nc(NC(=O)CN3CCCC(O)(COc4ccccc4)CC3)sc2c1. The van der Waals surface area contributed by atoms with Crippen LogP contribution in [-0.2, 0) is 4.79 Å². The highest BCUT2D eigenvalue weighted by molar-refractivity contribution is 7.22. The van der Waals surface area contributed by atoms with Gasteiger partial charge in [0, 0.05) is 6.54 Å². The lowest BCUT2D eigenvalue weighted by Crippen LogP contribution is -2.38. The summed E-state index contributed by atoms with van der Waals surface area (Å²) in [5.74, 6) is 1.46. The summed E-state index contributed by atoms with van der Waals surface area (Å²) in [6.07, 6.45) is 2.02. The molecule has 0 aliphatic carbocycles. The number of hydrogen-bond donors (Lipinski definition) is 2. The van der Waals surface area contributed by atoms with Gasteiger partial charge in [-0.05, 0) is 63.1 Å². The van der Waals surface area contributed by atoms with Crippen LogP contribution in [0.3, 0.4) is 0 Å². The van der Waals surface area contributed by atoms with Crippen LogP contribution in [0.5, 0.6) is 11.5 Å². The van der Waals surface area contributed by atoms with E-state index in [1.807, 2.05) is 55.5 Å². The number of thiazole rings is 1. The van der Waals surface area contributed by atoms with Crippen LogP contribution in [0.25, 0.3) is 10.2 Å². The van der Waals surface area contributed by atoms with E-state index in [-0.39, 0.29) is 19.1 Å². The Morgan fingerprint density at radius 1 is 1.16 bits per heavy atom. The van der Waals surface area contributed by atoms with Crippen molar-refractivity contribution in [1.82, 2.24) is 9.88 Å². The number of anilines is 1. The van der Waals surface area contributed by atoms with Crippen LogP contribution < -0.4 is 14.8 Å². The summed E-state index contributed by atoms with van der Waals surface area (Å²) < 4.78 is 12.3. The first-order valence-electron chi connectivity index (χ1n) is 11.0. The van der Waals surface area contributed by atoms with Crippen molar-refractivity contribution in [1.29, 1.82) is 0 Å². The molecule has 1 saturated heterocycles. The summed E-state index contributed by atoms with van der Waals surface area (Å²) in [7, 11) is 0. The fourth-order valence-electron chi connectivity index (χ4n) is 3.85. The summed E-state index contributed by atoms with van der Waals surface area (Å²) in [5, 5.41) is 14.5. The summed E-state index contributed by atoms with van der Waals surface area (Å²) in [5.41, 5.74) is -0.0428. The number of nitrogens with zero attached hydrogens (tertiary/aromatic N) is 2. The van der Waals surface area contributed by atoms with Gasteiger partial charge < -0.3 is 19.9 Å². The van der Waals surface area contributed by atoms with E-state index >= 15 is 0 Å². The molecule has 1 amide bonds. The smallest absolute Gasteiger partial charge is 0.240 e. The Balaban J connectivity index is 1.28. The molecule has 1 aliphatic rings. The van der Waals surface area contributed by atoms with Crippen LogP contribution in [0.15, 0.2) is 48.5 Å². The largest absolute Gasteiger partial charge is 0.494 e. The lowest BCUT2D eigenvalue weighted by molar-refractivity contribution is -0.117. The number of likely N-dealkylation sites (tertiary alicyclic amines) is 1. The minimum atomic E-state index is -0.883. The third-order valence-electron chi connectivity index (χ3n) is 5.55. The van der Waals surface area contributed by atoms with Crippen LogP contribution >= 0.6 is 11.3 Å². The van der Waals surface area contributed by atoms with Crippen LogP contribution in [0, 0.1) is 0 Å². The first kappa shape index (κ1) is 22.5. The van der Waals surface area contributed by atoms with E-state index in [2.05, 4.69) is 15.2 Å². The highest BCUT2D eigenvalue weighted by Crippen LogP contribution is 2.29. The minimum Gasteiger partial charge on any atom is -0.494 e. The maximum absolute atomic E-state index is 12.6. The predicted octanol–water partition coefficient (Wildman–Crippen LogP) is 3.93. The number of aromatic nitrogens is 1. The Labute approximate surface area is 192 Å². The average molecular weight is 456 g/mol. The number of amides is 1. The van der Waals surface area contributed by atoms with E-state index in [4.69, 9.17) is 9.47 Å². The number of carbonyl (C=O) groups excluding carboxylic acids is 1. The van der Waals surface area contributed by atoms with Crippen LogP contribution in [0.4, 0.5) is 5.13 Å². The number of carbonyl (C=O) groups is 1. The van der Waals surface area contributed by atoms with E-state index in [1.54, 1.807) is 0 Å². The molecule has 1 aliphatic heterocycles. The number of para-hydroxylation sites is 1. The number of fused-ring (bicyclic) bond motifs is 1. The molecule has 1 fully saturated rings. The van der Waals surface area contributed by atoms with Gasteiger partial charge in [0.2, 0.25) is 5.91 Å². The highest BCUT2D eigenvalue weighted by Gasteiger charge is 2.31. The van der Waals surface area contributed by atoms with Gasteiger partial charge in [-0.25, -0.2) is 4.98 Å². The normalized spacial score (nSPS) is 19.4. The number of hydrogen-bond acceptors (Lipinski definition) is 7. The molecule has 0 bridgehead atoms. The summed E-state index contributed by atoms with van der Waals surface area (Å²) in [6, 6.07) is 15.3. The standard InChI is InChI=1S/C24H29N3O4S/c1-2-30-19-9-10-20-21(15-19)32-23(25-20)26-22(28)16-27-13-6-11-24(29,12-14-27)17-31-18-7-4-3-5-8-18/h3-5,7-10,15,29H,2,6,11-14,16-17H2,1H3,(H,25,26,28). The molecule has 32 heavy (non-hydrogen) atoms. The molecular formula is C24H29N3O4S. The zero-order valence-electron chi connectivity index (χ0n) is 18.3. The van der Waals surface area contributed by atoms with Gasteiger partial charge >= 0.3 is 0 Å². The van der Waals surface area contributed by atoms with Crippen molar-refractivity contribution in [2.45, 2.75) is 31.8 Å². The molecule has 3 aromatic rings. The van der Waals surface area contributed by atoms with Gasteiger partial charge in [0.25, 0.3) is 0 Å². The lowest BCUT2D eigenvalue weighted by atomic mass is 9.96. The molecule has 2 N–H and O–H groups in total. The second-order valence-corrected chi connectivity index (χ2v) is 9.12. The maximum Gasteiger partial charge on any atom is 0.240 e. The van der Waals surface area contributed by atoms with Crippen LogP contribution in [-0.4, -0.2) is 59.3 Å². The van der Waals surface area contributed by atoms with Crippen molar-refractivity contribution in [3.05, 3.63) is 48.5 Å². The Bertz CT molecular complexity index is 1040. The molecule has 0 saturated carbocycles. The Kier molecular flexibility index (Phi) is 7.24. The Morgan fingerprint density at radius 3 is 2.81 bits per heavy atom. The molecule has 1 aromatic heterocycles. The minimum absolute atomic E-state index is 0.0972. The van der Waals surface area contributed by atoms with Crippen LogP contribution in [0.2, 0.25) is 0 Å². The number of ether oxygens (including phenoxy) is 2. The average Bonchev–Trinajstić information content (AvgIpc) is 3.08. The molecule has 7 nitrogen and oxygen atoms in total. The Morgan fingerprint density at radius 2 is 2.00 bits per heavy atom. The van der Waals surface area contributed by atoms with E-state index in [0.29, 0.717) is 31.1 Å². The van der Waals surface area contributed by atoms with E-state index in [0.717, 1.165) is 34.7 Å². The highest BCUT2D eigenvalue weighted by atomic mass is 32.1. The first-order chi connectivity index (χ1) is 15.5. The number of nitrogens with one attached hydrogen (secondary N) is 1. The fraction of sp³-hybridized carbons (Fsp3) is 0.417. The summed E-state index contributed by atoms with van der Waals surface area (Å²) in [4.78, 5) is 19.2. The topological polar surface area (TPSA) is 83.9 Å². The van der Waals surface area contributed by atoms with Gasteiger partial charge in [-0.1, -0.05) is 29.5 Å². The zero-order valence-corrected chi connectivity index (χ0v) is 19.1. The molecule has 2 heterocycles. The molecule has 1 atom stereocenters. The van der Waals surface area contributed by atoms with Crippen molar-refractivity contribution in [2.24, 2.45) is 0 Å². The molecule has 170 valence electrons. The number of aliphatic hydroxyl groups is 1. The van der Waals surface area contributed by atoms with Gasteiger partial charge in [0.15, 0.2) is 5.13 Å². The molecule has 8 heteroatoms. The van der Waals surface area contributed by atoms with Crippen molar-refractivity contribution in [3.8, 4) is 11.5 Å². The summed E-state index contributed by atoms with van der Waals surface area (Å²) >= 11 is 1.44. The lowest BCUT2D eigenvalue weighted by Gasteiger charge is -2.26. The van der Waals surface area contributed by atoms with E-state index < -0.39 is 5.60 Å². The maximum atomic E-state index is 12.6. The third kappa shape index (κ3) is 5.97. The van der Waals surface area contributed by atoms with Crippen molar-refractivity contribution >= 4 is 32.6 Å². The van der Waals surface area contributed by atoms with Gasteiger partial charge in [-0.2, -0.15) is 0 Å². The quantitative estimate of drug-likeness (QED) is 0.536. The molecule has 0 spiro atoms. The molecule has 4 rings (SSSR count). The Hall–Kier alpha value is -2.68. The zero-order chi connectivity index (χ0) is 22.4.